The maximum atomic E-state index is 12.8. The van der Waals surface area contributed by atoms with Crippen molar-refractivity contribution in [1.82, 2.24) is 0 Å². The lowest BCUT2D eigenvalue weighted by molar-refractivity contribution is 0.578. The molecule has 0 unspecified atom stereocenters. The van der Waals surface area contributed by atoms with E-state index in [0.29, 0.717) is 0 Å². The lowest BCUT2D eigenvalue weighted by Crippen LogP contribution is -1.92. The molecule has 64 valence electrons. The van der Waals surface area contributed by atoms with Gasteiger partial charge in [0.15, 0.2) is 0 Å². The summed E-state index contributed by atoms with van der Waals surface area (Å²) in [7, 11) is 0. The molecule has 0 aromatic heterocycles. The Balaban J connectivity index is 3.27. The minimum Gasteiger partial charge on any atom is -0.323 e. The van der Waals surface area contributed by atoms with E-state index in [4.69, 9.17) is 5.84 Å². The molecule has 0 spiro atoms. The molecule has 1 aromatic rings. The number of nitrogens with two attached hydrogens (primary N) is 1. The van der Waals surface area contributed by atoms with E-state index < -0.39 is 11.6 Å². The molecule has 0 amide bonds. The first-order valence-corrected chi connectivity index (χ1v) is 3.82. The van der Waals surface area contributed by atoms with Gasteiger partial charge in [-0.15, -0.1) is 0 Å². The fourth-order valence-electron chi connectivity index (χ4n) is 0.750. The van der Waals surface area contributed by atoms with Crippen LogP contribution in [-0.2, 0) is 0 Å². The summed E-state index contributed by atoms with van der Waals surface area (Å²) in [5, 5.41) is 3.16. The van der Waals surface area contributed by atoms with E-state index in [1.807, 2.05) is 0 Å². The zero-order valence-electron chi connectivity index (χ0n) is 5.89. The Bertz CT molecular complexity index is 325. The molecule has 0 atom stereocenters. The molecule has 0 bridgehead atoms. The summed E-state index contributed by atoms with van der Waals surface area (Å²) in [4.78, 5) is 0. The maximum absolute atomic E-state index is 12.8. The fourth-order valence-corrected chi connectivity index (χ4v) is 1.08. The summed E-state index contributed by atoms with van der Waals surface area (Å²) in [5.41, 5.74) is 0.273. The molecule has 5 heteroatoms. The highest BCUT2D eigenvalue weighted by molar-refractivity contribution is 9.10. The highest BCUT2D eigenvalue weighted by atomic mass is 79.9. The van der Waals surface area contributed by atoms with Gasteiger partial charge in [0.05, 0.1) is 10.7 Å². The first-order chi connectivity index (χ1) is 5.65. The molecule has 1 aromatic carbocycles. The van der Waals surface area contributed by atoms with Crippen molar-refractivity contribution in [3.63, 3.8) is 0 Å². The highest BCUT2D eigenvalue weighted by Gasteiger charge is 2.06. The molecular formula is C7H5BrF2N2. The van der Waals surface area contributed by atoms with Gasteiger partial charge in [-0.3, -0.25) is 0 Å². The monoisotopic (exact) mass is 234 g/mol. The third kappa shape index (κ3) is 1.79. The van der Waals surface area contributed by atoms with Crippen molar-refractivity contribution in [1.29, 1.82) is 0 Å². The number of rotatable bonds is 1. The minimum absolute atomic E-state index is 0.151. The van der Waals surface area contributed by atoms with Crippen LogP contribution < -0.4 is 5.84 Å². The summed E-state index contributed by atoms with van der Waals surface area (Å²) in [6, 6.07) is 1.90. The fraction of sp³-hybridized carbons (Fsp3) is 0. The minimum atomic E-state index is -0.676. The molecule has 0 aliphatic rings. The van der Waals surface area contributed by atoms with E-state index in [-0.39, 0.29) is 10.0 Å². The predicted octanol–water partition coefficient (Wildman–Crippen LogP) is 2.02. The zero-order valence-corrected chi connectivity index (χ0v) is 7.48. The predicted molar refractivity (Wildman–Crippen MR) is 45.8 cm³/mol. The summed E-state index contributed by atoms with van der Waals surface area (Å²) in [5.74, 6) is 3.50. The van der Waals surface area contributed by atoms with Crippen LogP contribution in [0.5, 0.6) is 0 Å². The number of nitrogens with zero attached hydrogens (tertiary/aromatic N) is 1. The Morgan fingerprint density at radius 2 is 2.08 bits per heavy atom. The van der Waals surface area contributed by atoms with E-state index in [9.17, 15) is 8.78 Å². The number of hydrogen-bond acceptors (Lipinski definition) is 2. The molecule has 12 heavy (non-hydrogen) atoms. The first-order valence-electron chi connectivity index (χ1n) is 3.03. The SMILES string of the molecule is NN=Cc1cc(F)cc(F)c1Br. The van der Waals surface area contributed by atoms with E-state index >= 15 is 0 Å². The number of benzene rings is 1. The average Bonchev–Trinajstić information content (AvgIpc) is 2.00. The Morgan fingerprint density at radius 3 is 2.67 bits per heavy atom. The van der Waals surface area contributed by atoms with Crippen LogP contribution in [0, 0.1) is 11.6 Å². The van der Waals surface area contributed by atoms with Crippen LogP contribution in [0.3, 0.4) is 0 Å². The number of halogens is 3. The molecule has 0 saturated heterocycles. The Morgan fingerprint density at radius 1 is 1.42 bits per heavy atom. The van der Waals surface area contributed by atoms with Gasteiger partial charge in [-0.05, 0) is 22.0 Å². The van der Waals surface area contributed by atoms with Crippen molar-refractivity contribution in [2.75, 3.05) is 0 Å². The van der Waals surface area contributed by atoms with E-state index in [1.54, 1.807) is 0 Å². The summed E-state index contributed by atoms with van der Waals surface area (Å²) in [6.07, 6.45) is 1.16. The van der Waals surface area contributed by atoms with Crippen molar-refractivity contribution >= 4 is 22.1 Å². The topological polar surface area (TPSA) is 38.4 Å². The van der Waals surface area contributed by atoms with Gasteiger partial charge < -0.3 is 5.84 Å². The molecule has 1 rings (SSSR count). The van der Waals surface area contributed by atoms with Gasteiger partial charge in [0.25, 0.3) is 0 Å². The maximum Gasteiger partial charge on any atom is 0.140 e. The molecular weight excluding hydrogens is 230 g/mol. The molecule has 2 N–H and O–H groups in total. The summed E-state index contributed by atoms with van der Waals surface area (Å²) in [6.45, 7) is 0. The van der Waals surface area contributed by atoms with Crippen LogP contribution in [0.1, 0.15) is 5.56 Å². The van der Waals surface area contributed by atoms with Gasteiger partial charge in [-0.2, -0.15) is 5.10 Å². The van der Waals surface area contributed by atoms with Crippen LogP contribution in [0.25, 0.3) is 0 Å². The normalized spacial score (nSPS) is 10.9. The van der Waals surface area contributed by atoms with Crippen LogP contribution in [0.4, 0.5) is 8.78 Å². The molecule has 0 radical (unpaired) electrons. The number of hydrazone groups is 1. The second kappa shape index (κ2) is 3.62. The van der Waals surface area contributed by atoms with Crippen molar-refractivity contribution in [3.05, 3.63) is 33.8 Å². The van der Waals surface area contributed by atoms with Crippen LogP contribution in [0.2, 0.25) is 0 Å². The highest BCUT2D eigenvalue weighted by Crippen LogP contribution is 2.20. The lowest BCUT2D eigenvalue weighted by Gasteiger charge is -1.98. The quantitative estimate of drug-likeness (QED) is 0.344. The number of hydrogen-bond donors (Lipinski definition) is 1. The van der Waals surface area contributed by atoms with Gasteiger partial charge in [0, 0.05) is 11.6 Å². The van der Waals surface area contributed by atoms with Gasteiger partial charge in [-0.1, -0.05) is 0 Å². The molecule has 0 aliphatic carbocycles. The zero-order chi connectivity index (χ0) is 9.14. The average molecular weight is 235 g/mol. The molecule has 0 aliphatic heterocycles. The van der Waals surface area contributed by atoms with Crippen LogP contribution in [0.15, 0.2) is 21.7 Å². The molecule has 2 nitrogen and oxygen atoms in total. The van der Waals surface area contributed by atoms with Gasteiger partial charge in [0.2, 0.25) is 0 Å². The molecule has 0 heterocycles. The van der Waals surface area contributed by atoms with Gasteiger partial charge in [-0.25, -0.2) is 8.78 Å². The van der Waals surface area contributed by atoms with Crippen molar-refractivity contribution < 1.29 is 8.78 Å². The standard InChI is InChI=1S/C7H5BrF2N2/c8-7-4(3-12-11)1-5(9)2-6(7)10/h1-3H,11H2. The lowest BCUT2D eigenvalue weighted by atomic mass is 10.2. The van der Waals surface area contributed by atoms with E-state index in [1.165, 1.54) is 0 Å². The second-order valence-corrected chi connectivity index (χ2v) is 2.86. The third-order valence-electron chi connectivity index (χ3n) is 1.23. The van der Waals surface area contributed by atoms with Crippen molar-refractivity contribution in [2.24, 2.45) is 10.9 Å². The molecule has 0 fully saturated rings. The largest absolute Gasteiger partial charge is 0.323 e. The van der Waals surface area contributed by atoms with Crippen molar-refractivity contribution in [2.45, 2.75) is 0 Å². The summed E-state index contributed by atoms with van der Waals surface area (Å²) < 4.78 is 25.5. The third-order valence-corrected chi connectivity index (χ3v) is 2.07. The first kappa shape index (κ1) is 9.12. The van der Waals surface area contributed by atoms with Crippen LogP contribution >= 0.6 is 15.9 Å². The second-order valence-electron chi connectivity index (χ2n) is 2.07. The van der Waals surface area contributed by atoms with Gasteiger partial charge >= 0.3 is 0 Å². The van der Waals surface area contributed by atoms with Crippen molar-refractivity contribution in [3.8, 4) is 0 Å². The Hall–Kier alpha value is -0.970. The van der Waals surface area contributed by atoms with Crippen LogP contribution in [-0.4, -0.2) is 6.21 Å². The smallest absolute Gasteiger partial charge is 0.140 e. The van der Waals surface area contributed by atoms with E-state index in [0.717, 1.165) is 18.3 Å². The van der Waals surface area contributed by atoms with E-state index in [2.05, 4.69) is 21.0 Å². The van der Waals surface area contributed by atoms with Gasteiger partial charge in [0.1, 0.15) is 11.6 Å². The Kier molecular flexibility index (Phi) is 2.75. The Labute approximate surface area is 76.2 Å². The molecule has 0 saturated carbocycles. The summed E-state index contributed by atoms with van der Waals surface area (Å²) >= 11 is 2.93.